The van der Waals surface area contributed by atoms with Crippen LogP contribution in [-0.2, 0) is 24.2 Å². The first-order valence-electron chi connectivity index (χ1n) is 9.41. The fraction of sp³-hybridized carbons (Fsp3) is 0.600. The van der Waals surface area contributed by atoms with Gasteiger partial charge in [-0.2, -0.15) is 0 Å². The summed E-state index contributed by atoms with van der Waals surface area (Å²) >= 11 is 0. The summed E-state index contributed by atoms with van der Waals surface area (Å²) in [7, 11) is 1.95. The molecule has 0 N–H and O–H groups in total. The topological polar surface area (TPSA) is 63.9 Å². The predicted molar refractivity (Wildman–Crippen MR) is 103 cm³/mol. The fourth-order valence-corrected chi connectivity index (χ4v) is 3.48. The van der Waals surface area contributed by atoms with Crippen molar-refractivity contribution in [3.63, 3.8) is 0 Å². The highest BCUT2D eigenvalue weighted by atomic mass is 16.1. The average Bonchev–Trinajstić information content (AvgIpc) is 3.20. The molecule has 0 saturated carbocycles. The van der Waals surface area contributed by atoms with Crippen molar-refractivity contribution < 1.29 is 4.79 Å². The van der Waals surface area contributed by atoms with Gasteiger partial charge in [0.15, 0.2) is 11.6 Å². The Morgan fingerprint density at radius 3 is 2.69 bits per heavy atom. The third-order valence-electron chi connectivity index (χ3n) is 4.64. The maximum absolute atomic E-state index is 12.4. The molecule has 0 radical (unpaired) electrons. The Labute approximate surface area is 155 Å². The molecule has 1 aliphatic rings. The molecule has 0 saturated heterocycles. The Morgan fingerprint density at radius 2 is 2.04 bits per heavy atom. The minimum Gasteiger partial charge on any atom is -0.352 e. The van der Waals surface area contributed by atoms with E-state index >= 15 is 0 Å². The number of aryl methyl sites for hydroxylation is 2. The lowest BCUT2D eigenvalue weighted by atomic mass is 9.90. The van der Waals surface area contributed by atoms with Crippen molar-refractivity contribution in [1.29, 1.82) is 0 Å². The normalized spacial score (nSPS) is 13.7. The fourth-order valence-electron chi connectivity index (χ4n) is 3.48. The molecule has 2 aromatic rings. The molecule has 6 nitrogen and oxygen atoms in total. The molecular weight excluding hydrogens is 326 g/mol. The lowest BCUT2D eigenvalue weighted by Crippen LogP contribution is -2.30. The van der Waals surface area contributed by atoms with Crippen LogP contribution < -0.4 is 4.90 Å². The summed E-state index contributed by atoms with van der Waals surface area (Å²) in [6.45, 7) is 9.60. The number of Topliss-reactive ketones (excluding diaryl/α,β-unsaturated/α-hetero) is 1. The molecule has 0 atom stereocenters. The largest absolute Gasteiger partial charge is 0.352 e. The van der Waals surface area contributed by atoms with Gasteiger partial charge in [0.1, 0.15) is 11.5 Å². The molecule has 0 spiro atoms. The lowest BCUT2D eigenvalue weighted by molar-refractivity contribution is -0.119. The van der Waals surface area contributed by atoms with Gasteiger partial charge in [0, 0.05) is 37.5 Å². The van der Waals surface area contributed by atoms with Gasteiger partial charge >= 0.3 is 0 Å². The first-order chi connectivity index (χ1) is 12.3. The van der Waals surface area contributed by atoms with E-state index in [1.54, 1.807) is 0 Å². The van der Waals surface area contributed by atoms with Crippen molar-refractivity contribution in [3.05, 3.63) is 23.8 Å². The molecule has 6 heteroatoms. The molecule has 0 amide bonds. The van der Waals surface area contributed by atoms with Crippen LogP contribution in [0.1, 0.15) is 51.8 Å². The van der Waals surface area contributed by atoms with Gasteiger partial charge in [-0.3, -0.25) is 4.79 Å². The molecule has 0 fully saturated rings. The summed E-state index contributed by atoms with van der Waals surface area (Å²) < 4.78 is 2.02. The number of hydrogen-bond acceptors (Lipinski definition) is 5. The van der Waals surface area contributed by atoms with Crippen LogP contribution >= 0.6 is 0 Å². The van der Waals surface area contributed by atoms with Crippen LogP contribution in [0.15, 0.2) is 12.5 Å². The zero-order valence-electron chi connectivity index (χ0n) is 16.5. The van der Waals surface area contributed by atoms with Gasteiger partial charge in [-0.1, -0.05) is 20.8 Å². The van der Waals surface area contributed by atoms with Gasteiger partial charge in [0.2, 0.25) is 0 Å². The summed E-state index contributed by atoms with van der Waals surface area (Å²) in [5.41, 5.74) is 3.09. The number of carbonyl (C=O) groups excluding carboxylic acids is 1. The van der Waals surface area contributed by atoms with E-state index in [9.17, 15) is 4.79 Å². The zero-order chi connectivity index (χ0) is 18.9. The highest BCUT2D eigenvalue weighted by molar-refractivity contribution is 5.84. The Morgan fingerprint density at radius 1 is 1.27 bits per heavy atom. The van der Waals surface area contributed by atoms with E-state index in [0.29, 0.717) is 18.8 Å². The predicted octanol–water partition coefficient (Wildman–Crippen LogP) is 3.29. The number of ketones is 1. The minimum atomic E-state index is 0.00366. The van der Waals surface area contributed by atoms with Crippen molar-refractivity contribution >= 4 is 11.6 Å². The van der Waals surface area contributed by atoms with Crippen molar-refractivity contribution in [2.75, 3.05) is 18.5 Å². The second-order valence-corrected chi connectivity index (χ2v) is 8.37. The number of carbonyl (C=O) groups is 1. The molecule has 2 heterocycles. The lowest BCUT2D eigenvalue weighted by Gasteiger charge is -2.23. The molecular formula is C20H29N5O. The van der Waals surface area contributed by atoms with Gasteiger partial charge in [-0.15, -0.1) is 0 Å². The molecule has 0 unspecified atom stereocenters. The van der Waals surface area contributed by atoms with E-state index in [1.807, 2.05) is 29.0 Å². The van der Waals surface area contributed by atoms with E-state index in [0.717, 1.165) is 43.0 Å². The van der Waals surface area contributed by atoms with Crippen molar-refractivity contribution in [2.24, 2.45) is 5.41 Å². The van der Waals surface area contributed by atoms with Gasteiger partial charge in [-0.05, 0) is 31.6 Å². The van der Waals surface area contributed by atoms with Gasteiger partial charge < -0.3 is 9.47 Å². The third kappa shape index (κ3) is 4.11. The second kappa shape index (κ2) is 7.17. The van der Waals surface area contributed by atoms with E-state index in [-0.39, 0.29) is 11.2 Å². The molecule has 26 heavy (non-hydrogen) atoms. The van der Waals surface area contributed by atoms with Crippen LogP contribution in [-0.4, -0.2) is 38.9 Å². The molecule has 0 bridgehead atoms. The molecule has 140 valence electrons. The van der Waals surface area contributed by atoms with E-state index < -0.39 is 0 Å². The summed E-state index contributed by atoms with van der Waals surface area (Å²) in [4.78, 5) is 28.4. The number of rotatable bonds is 6. The molecule has 3 rings (SSSR count). The summed E-state index contributed by atoms with van der Waals surface area (Å²) in [5, 5.41) is 0. The van der Waals surface area contributed by atoms with Crippen LogP contribution in [0.4, 0.5) is 5.82 Å². The van der Waals surface area contributed by atoms with E-state index in [1.165, 1.54) is 5.56 Å². The number of likely N-dealkylation sites (N-methyl/N-ethyl adjacent to an activating group) is 1. The van der Waals surface area contributed by atoms with Crippen LogP contribution in [0.3, 0.4) is 0 Å². The first kappa shape index (κ1) is 18.5. The zero-order valence-corrected chi connectivity index (χ0v) is 16.5. The number of fused-ring (bicyclic) bond motifs is 1. The van der Waals surface area contributed by atoms with Crippen molar-refractivity contribution in [3.8, 4) is 11.5 Å². The molecule has 0 aromatic carbocycles. The third-order valence-corrected chi connectivity index (χ3v) is 4.64. The van der Waals surface area contributed by atoms with E-state index in [2.05, 4.69) is 32.7 Å². The van der Waals surface area contributed by atoms with E-state index in [4.69, 9.17) is 9.97 Å². The number of imidazole rings is 1. The van der Waals surface area contributed by atoms with Gasteiger partial charge in [-0.25, -0.2) is 15.0 Å². The standard InChI is InChI=1S/C20H29N5O/c1-6-25-12-17(21-13-25)18-22-16-9-7-8-15(16)19(23-18)24(5)11-14(26)10-20(2,3)4/h12-13H,6-11H2,1-5H3. The number of aromatic nitrogens is 4. The highest BCUT2D eigenvalue weighted by Crippen LogP contribution is 2.31. The molecule has 0 aliphatic heterocycles. The Balaban J connectivity index is 1.89. The Hall–Kier alpha value is -2.24. The Bertz CT molecular complexity index is 803. The van der Waals surface area contributed by atoms with Crippen LogP contribution in [0.2, 0.25) is 0 Å². The Kier molecular flexibility index (Phi) is 5.12. The van der Waals surface area contributed by atoms with Crippen LogP contribution in [0.5, 0.6) is 0 Å². The van der Waals surface area contributed by atoms with Crippen LogP contribution in [0.25, 0.3) is 11.5 Å². The maximum Gasteiger partial charge on any atom is 0.182 e. The monoisotopic (exact) mass is 355 g/mol. The second-order valence-electron chi connectivity index (χ2n) is 8.37. The van der Waals surface area contributed by atoms with Crippen molar-refractivity contribution in [1.82, 2.24) is 19.5 Å². The molecule has 1 aliphatic carbocycles. The maximum atomic E-state index is 12.4. The summed E-state index contributed by atoms with van der Waals surface area (Å²) in [6, 6.07) is 0. The number of hydrogen-bond donors (Lipinski definition) is 0. The molecule has 2 aromatic heterocycles. The highest BCUT2D eigenvalue weighted by Gasteiger charge is 2.24. The number of anilines is 1. The van der Waals surface area contributed by atoms with Crippen LogP contribution in [0, 0.1) is 5.41 Å². The summed E-state index contributed by atoms with van der Waals surface area (Å²) in [5.74, 6) is 1.78. The average molecular weight is 355 g/mol. The SMILES string of the molecule is CCn1cnc(-c2nc3c(c(N(C)CC(=O)CC(C)(C)C)n2)CCC3)c1. The summed E-state index contributed by atoms with van der Waals surface area (Å²) in [6.07, 6.45) is 7.39. The van der Waals surface area contributed by atoms with Gasteiger partial charge in [0.25, 0.3) is 0 Å². The van der Waals surface area contributed by atoms with Crippen molar-refractivity contribution in [2.45, 2.75) is 59.9 Å². The first-order valence-corrected chi connectivity index (χ1v) is 9.41. The van der Waals surface area contributed by atoms with Gasteiger partial charge in [0.05, 0.1) is 12.9 Å². The quantitative estimate of drug-likeness (QED) is 0.795. The minimum absolute atomic E-state index is 0.00366. The smallest absolute Gasteiger partial charge is 0.182 e. The number of nitrogens with zero attached hydrogens (tertiary/aromatic N) is 5.